The SMILES string of the molecule is C[C@@H](NC(=O)C[NH2+]C(c1ccccc1)c1ccccc1)c1cc2ccccc2o1. The molecule has 4 rings (SSSR count). The van der Waals surface area contributed by atoms with Crippen molar-refractivity contribution in [2.24, 2.45) is 0 Å². The minimum absolute atomic E-state index is 0.0187. The van der Waals surface area contributed by atoms with Gasteiger partial charge in [0.2, 0.25) is 0 Å². The minimum Gasteiger partial charge on any atom is -0.459 e. The van der Waals surface area contributed by atoms with Gasteiger partial charge in [-0.2, -0.15) is 0 Å². The average Bonchev–Trinajstić information content (AvgIpc) is 3.20. The van der Waals surface area contributed by atoms with Crippen LogP contribution >= 0.6 is 0 Å². The van der Waals surface area contributed by atoms with Crippen LogP contribution in [-0.2, 0) is 4.79 Å². The monoisotopic (exact) mass is 385 g/mol. The van der Waals surface area contributed by atoms with Crippen molar-refractivity contribution >= 4 is 16.9 Å². The maximum atomic E-state index is 12.6. The van der Waals surface area contributed by atoms with Gasteiger partial charge in [-0.3, -0.25) is 4.79 Å². The van der Waals surface area contributed by atoms with E-state index in [0.717, 1.165) is 16.7 Å². The molecule has 0 aliphatic carbocycles. The van der Waals surface area contributed by atoms with Crippen molar-refractivity contribution in [3.8, 4) is 0 Å². The van der Waals surface area contributed by atoms with Crippen LogP contribution in [-0.4, -0.2) is 12.5 Å². The van der Waals surface area contributed by atoms with Gasteiger partial charge < -0.3 is 15.1 Å². The second-order valence-corrected chi connectivity index (χ2v) is 7.21. The van der Waals surface area contributed by atoms with Crippen LogP contribution in [0.1, 0.15) is 35.9 Å². The number of fused-ring (bicyclic) bond motifs is 1. The van der Waals surface area contributed by atoms with Gasteiger partial charge in [-0.15, -0.1) is 0 Å². The van der Waals surface area contributed by atoms with E-state index in [1.807, 2.05) is 73.7 Å². The van der Waals surface area contributed by atoms with E-state index in [1.165, 1.54) is 11.1 Å². The van der Waals surface area contributed by atoms with Gasteiger partial charge in [-0.25, -0.2) is 0 Å². The fourth-order valence-electron chi connectivity index (χ4n) is 3.60. The number of quaternary nitrogens is 1. The number of amides is 1. The van der Waals surface area contributed by atoms with E-state index in [4.69, 9.17) is 4.42 Å². The predicted octanol–water partition coefficient (Wildman–Crippen LogP) is 3.96. The summed E-state index contributed by atoms with van der Waals surface area (Å²) in [6.45, 7) is 2.28. The van der Waals surface area contributed by atoms with Crippen molar-refractivity contribution in [1.29, 1.82) is 0 Å². The van der Waals surface area contributed by atoms with Gasteiger partial charge in [0.25, 0.3) is 5.91 Å². The molecule has 0 saturated carbocycles. The first-order valence-electron chi connectivity index (χ1n) is 9.92. The number of hydrogen-bond acceptors (Lipinski definition) is 2. The number of benzene rings is 3. The van der Waals surface area contributed by atoms with Crippen molar-refractivity contribution < 1.29 is 14.5 Å². The second-order valence-electron chi connectivity index (χ2n) is 7.21. The summed E-state index contributed by atoms with van der Waals surface area (Å²) in [7, 11) is 0. The number of para-hydroxylation sites is 1. The van der Waals surface area contributed by atoms with Crippen LogP contribution in [0.4, 0.5) is 0 Å². The maximum absolute atomic E-state index is 12.6. The molecule has 1 aromatic heterocycles. The molecular formula is C25H25N2O2+. The van der Waals surface area contributed by atoms with Crippen molar-refractivity contribution in [1.82, 2.24) is 5.32 Å². The highest BCUT2D eigenvalue weighted by Gasteiger charge is 2.20. The zero-order chi connectivity index (χ0) is 20.1. The Morgan fingerprint density at radius 1 is 0.897 bits per heavy atom. The molecule has 0 aliphatic heterocycles. The molecule has 0 radical (unpaired) electrons. The van der Waals surface area contributed by atoms with E-state index >= 15 is 0 Å². The lowest BCUT2D eigenvalue weighted by Gasteiger charge is -2.17. The summed E-state index contributed by atoms with van der Waals surface area (Å²) < 4.78 is 5.87. The smallest absolute Gasteiger partial charge is 0.275 e. The fraction of sp³-hybridized carbons (Fsp3) is 0.160. The quantitative estimate of drug-likeness (QED) is 0.506. The van der Waals surface area contributed by atoms with Crippen LogP contribution in [0, 0.1) is 0 Å². The molecule has 0 bridgehead atoms. The Labute approximate surface area is 170 Å². The van der Waals surface area contributed by atoms with E-state index < -0.39 is 0 Å². The van der Waals surface area contributed by atoms with Crippen LogP contribution in [0.2, 0.25) is 0 Å². The molecule has 0 spiro atoms. The Kier molecular flexibility index (Phi) is 5.73. The van der Waals surface area contributed by atoms with Crippen molar-refractivity contribution in [2.45, 2.75) is 19.0 Å². The van der Waals surface area contributed by atoms with Gasteiger partial charge in [-0.05, 0) is 19.1 Å². The third-order valence-corrected chi connectivity index (χ3v) is 5.11. The first kappa shape index (κ1) is 19.0. The molecule has 1 atom stereocenters. The van der Waals surface area contributed by atoms with Gasteiger partial charge in [0.15, 0.2) is 6.54 Å². The lowest BCUT2D eigenvalue weighted by atomic mass is 9.99. The Balaban J connectivity index is 1.42. The number of hydrogen-bond donors (Lipinski definition) is 2. The van der Waals surface area contributed by atoms with E-state index in [9.17, 15) is 4.79 Å². The molecule has 3 aromatic carbocycles. The predicted molar refractivity (Wildman–Crippen MR) is 114 cm³/mol. The summed E-state index contributed by atoms with van der Waals surface area (Å²) in [5.74, 6) is 0.747. The summed E-state index contributed by atoms with van der Waals surface area (Å²) in [6, 6.07) is 30.3. The standard InChI is InChI=1S/C25H24N2O2/c1-18(23-16-21-14-8-9-15-22(21)29-23)27-24(28)17-26-25(19-10-4-2-5-11-19)20-12-6-3-7-13-20/h2-16,18,25-26H,17H2,1H3,(H,27,28)/p+1/t18-/m1/s1. The summed E-state index contributed by atoms with van der Waals surface area (Å²) in [6.07, 6.45) is 0. The van der Waals surface area contributed by atoms with E-state index in [0.29, 0.717) is 6.54 Å². The van der Waals surface area contributed by atoms with E-state index in [-0.39, 0.29) is 18.0 Å². The topological polar surface area (TPSA) is 58.9 Å². The number of furan rings is 1. The Bertz CT molecular complexity index is 1000. The van der Waals surface area contributed by atoms with E-state index in [2.05, 4.69) is 34.9 Å². The summed E-state index contributed by atoms with van der Waals surface area (Å²) in [4.78, 5) is 12.6. The third-order valence-electron chi connectivity index (χ3n) is 5.11. The minimum atomic E-state index is -0.185. The number of nitrogens with two attached hydrogens (primary N) is 1. The second kappa shape index (κ2) is 8.76. The Morgan fingerprint density at radius 2 is 1.48 bits per heavy atom. The molecule has 4 nitrogen and oxygen atoms in total. The molecule has 4 aromatic rings. The first-order valence-corrected chi connectivity index (χ1v) is 9.92. The molecule has 3 N–H and O–H groups in total. The number of carbonyl (C=O) groups excluding carboxylic acids is 1. The molecule has 146 valence electrons. The van der Waals surface area contributed by atoms with E-state index in [1.54, 1.807) is 0 Å². The number of carbonyl (C=O) groups is 1. The Hall–Kier alpha value is -3.37. The largest absolute Gasteiger partial charge is 0.459 e. The zero-order valence-corrected chi connectivity index (χ0v) is 16.4. The first-order chi connectivity index (χ1) is 14.2. The van der Waals surface area contributed by atoms with Gasteiger partial charge in [0, 0.05) is 16.5 Å². The average molecular weight is 385 g/mol. The fourth-order valence-corrected chi connectivity index (χ4v) is 3.60. The third kappa shape index (κ3) is 4.55. The molecule has 0 aliphatic rings. The lowest BCUT2D eigenvalue weighted by molar-refractivity contribution is -0.676. The maximum Gasteiger partial charge on any atom is 0.275 e. The van der Waals surface area contributed by atoms with Crippen molar-refractivity contribution in [2.75, 3.05) is 6.54 Å². The molecule has 29 heavy (non-hydrogen) atoms. The highest BCUT2D eigenvalue weighted by Crippen LogP contribution is 2.23. The summed E-state index contributed by atoms with van der Waals surface area (Å²) in [5.41, 5.74) is 3.19. The van der Waals surface area contributed by atoms with Crippen molar-refractivity contribution in [3.63, 3.8) is 0 Å². The Morgan fingerprint density at radius 3 is 2.10 bits per heavy atom. The molecule has 1 heterocycles. The number of rotatable bonds is 7. The molecule has 0 unspecified atom stereocenters. The van der Waals surface area contributed by atoms with Crippen LogP contribution in [0.25, 0.3) is 11.0 Å². The molecule has 4 heteroatoms. The highest BCUT2D eigenvalue weighted by molar-refractivity contribution is 5.79. The normalized spacial score (nSPS) is 12.2. The highest BCUT2D eigenvalue weighted by atomic mass is 16.3. The van der Waals surface area contributed by atoms with Crippen LogP contribution in [0.15, 0.2) is 95.4 Å². The molecule has 0 fully saturated rings. The van der Waals surface area contributed by atoms with Crippen LogP contribution in [0.5, 0.6) is 0 Å². The van der Waals surface area contributed by atoms with Gasteiger partial charge >= 0.3 is 0 Å². The van der Waals surface area contributed by atoms with Gasteiger partial charge in [-0.1, -0.05) is 78.9 Å². The number of nitrogens with one attached hydrogen (secondary N) is 1. The van der Waals surface area contributed by atoms with Crippen LogP contribution in [0.3, 0.4) is 0 Å². The van der Waals surface area contributed by atoms with Crippen LogP contribution < -0.4 is 10.6 Å². The van der Waals surface area contributed by atoms with Crippen molar-refractivity contribution in [3.05, 3.63) is 108 Å². The van der Waals surface area contributed by atoms with Gasteiger partial charge in [0.1, 0.15) is 17.4 Å². The molecule has 1 amide bonds. The summed E-state index contributed by atoms with van der Waals surface area (Å²) in [5, 5.41) is 6.17. The molecule has 0 saturated heterocycles. The van der Waals surface area contributed by atoms with Gasteiger partial charge in [0.05, 0.1) is 6.04 Å². The molecular weight excluding hydrogens is 360 g/mol. The summed E-state index contributed by atoms with van der Waals surface area (Å²) >= 11 is 0. The lowest BCUT2D eigenvalue weighted by Crippen LogP contribution is -2.87. The zero-order valence-electron chi connectivity index (χ0n) is 16.4.